The average molecular weight is 296 g/mol. The van der Waals surface area contributed by atoms with Gasteiger partial charge in [-0.05, 0) is 40.1 Å². The minimum atomic E-state index is -0.175. The Morgan fingerprint density at radius 1 is 1.32 bits per heavy atom. The van der Waals surface area contributed by atoms with Crippen LogP contribution in [-0.4, -0.2) is 19.6 Å². The molecule has 3 nitrogen and oxygen atoms in total. The SMILES string of the molecule is COCC(=O)N[C@@H](c1ccc(Cl)cc1)c1ccsc1. The lowest BCUT2D eigenvalue weighted by molar-refractivity contribution is -0.125. The number of rotatable bonds is 5. The topological polar surface area (TPSA) is 38.3 Å². The zero-order chi connectivity index (χ0) is 13.7. The third-order valence-corrected chi connectivity index (χ3v) is 3.61. The Balaban J connectivity index is 2.24. The number of hydrogen-bond acceptors (Lipinski definition) is 3. The molecule has 0 spiro atoms. The van der Waals surface area contributed by atoms with E-state index in [1.165, 1.54) is 7.11 Å². The van der Waals surface area contributed by atoms with Gasteiger partial charge in [-0.2, -0.15) is 11.3 Å². The van der Waals surface area contributed by atoms with E-state index in [1.807, 2.05) is 41.1 Å². The van der Waals surface area contributed by atoms with Gasteiger partial charge >= 0.3 is 0 Å². The summed E-state index contributed by atoms with van der Waals surface area (Å²) in [4.78, 5) is 11.7. The Morgan fingerprint density at radius 2 is 2.05 bits per heavy atom. The molecule has 1 aromatic heterocycles. The zero-order valence-electron chi connectivity index (χ0n) is 10.4. The second kappa shape index (κ2) is 6.70. The molecule has 0 saturated heterocycles. The number of benzene rings is 1. The molecule has 0 fully saturated rings. The van der Waals surface area contributed by atoms with Gasteiger partial charge in [-0.1, -0.05) is 23.7 Å². The van der Waals surface area contributed by atoms with Crippen molar-refractivity contribution in [3.05, 3.63) is 57.2 Å². The van der Waals surface area contributed by atoms with Gasteiger partial charge < -0.3 is 10.1 Å². The Labute approximate surface area is 121 Å². The Morgan fingerprint density at radius 3 is 2.63 bits per heavy atom. The van der Waals surface area contributed by atoms with Crippen LogP contribution >= 0.6 is 22.9 Å². The maximum absolute atomic E-state index is 11.7. The first kappa shape index (κ1) is 14.1. The van der Waals surface area contributed by atoms with Crippen LogP contribution in [0.1, 0.15) is 17.2 Å². The highest BCUT2D eigenvalue weighted by Crippen LogP contribution is 2.25. The fourth-order valence-electron chi connectivity index (χ4n) is 1.79. The van der Waals surface area contributed by atoms with Crippen LogP contribution in [0, 0.1) is 0 Å². The molecule has 0 saturated carbocycles. The van der Waals surface area contributed by atoms with E-state index in [2.05, 4.69) is 5.32 Å². The van der Waals surface area contributed by atoms with Crippen LogP contribution in [0.3, 0.4) is 0 Å². The highest BCUT2D eigenvalue weighted by molar-refractivity contribution is 7.08. The molecule has 0 aliphatic carbocycles. The molecule has 1 aromatic carbocycles. The van der Waals surface area contributed by atoms with E-state index in [9.17, 15) is 4.79 Å². The molecule has 2 rings (SSSR count). The third-order valence-electron chi connectivity index (χ3n) is 2.66. The van der Waals surface area contributed by atoms with Crippen molar-refractivity contribution in [1.29, 1.82) is 0 Å². The number of halogens is 1. The molecule has 1 atom stereocenters. The summed E-state index contributed by atoms with van der Waals surface area (Å²) < 4.78 is 4.85. The summed E-state index contributed by atoms with van der Waals surface area (Å²) in [7, 11) is 1.50. The lowest BCUT2D eigenvalue weighted by atomic mass is 10.0. The summed E-state index contributed by atoms with van der Waals surface area (Å²) in [6.45, 7) is 0.0498. The van der Waals surface area contributed by atoms with Crippen molar-refractivity contribution in [1.82, 2.24) is 5.32 Å². The zero-order valence-corrected chi connectivity index (χ0v) is 12.0. The van der Waals surface area contributed by atoms with Crippen molar-refractivity contribution in [3.63, 3.8) is 0 Å². The third kappa shape index (κ3) is 3.80. The molecule has 1 N–H and O–H groups in total. The second-order valence-corrected chi connectivity index (χ2v) is 5.26. The number of hydrogen-bond donors (Lipinski definition) is 1. The molecule has 5 heteroatoms. The maximum atomic E-state index is 11.7. The molecule has 0 bridgehead atoms. The monoisotopic (exact) mass is 295 g/mol. The van der Waals surface area contributed by atoms with Gasteiger partial charge in [0, 0.05) is 12.1 Å². The lowest BCUT2D eigenvalue weighted by Gasteiger charge is -2.18. The van der Waals surface area contributed by atoms with E-state index in [4.69, 9.17) is 16.3 Å². The van der Waals surface area contributed by atoms with Crippen LogP contribution in [-0.2, 0) is 9.53 Å². The number of carbonyl (C=O) groups excluding carboxylic acids is 1. The number of nitrogens with one attached hydrogen (secondary N) is 1. The highest BCUT2D eigenvalue weighted by Gasteiger charge is 2.17. The summed E-state index contributed by atoms with van der Waals surface area (Å²) in [6, 6.07) is 9.29. The van der Waals surface area contributed by atoms with Gasteiger partial charge in [0.1, 0.15) is 6.61 Å². The fraction of sp³-hybridized carbons (Fsp3) is 0.214. The van der Waals surface area contributed by atoms with Crippen LogP contribution in [0.2, 0.25) is 5.02 Å². The molecular weight excluding hydrogens is 282 g/mol. The molecular formula is C14H14ClNO2S. The number of ether oxygens (including phenoxy) is 1. The van der Waals surface area contributed by atoms with Crippen molar-refractivity contribution >= 4 is 28.8 Å². The van der Waals surface area contributed by atoms with Gasteiger partial charge in [0.05, 0.1) is 6.04 Å². The minimum absolute atomic E-state index is 0.0498. The van der Waals surface area contributed by atoms with Crippen LogP contribution in [0.25, 0.3) is 0 Å². The average Bonchev–Trinajstić information content (AvgIpc) is 2.91. The van der Waals surface area contributed by atoms with E-state index >= 15 is 0 Å². The molecule has 19 heavy (non-hydrogen) atoms. The van der Waals surface area contributed by atoms with E-state index < -0.39 is 0 Å². The molecule has 0 unspecified atom stereocenters. The van der Waals surface area contributed by atoms with Gasteiger partial charge in [-0.3, -0.25) is 4.79 Å². The van der Waals surface area contributed by atoms with Crippen LogP contribution < -0.4 is 5.32 Å². The van der Waals surface area contributed by atoms with Crippen molar-refractivity contribution in [2.24, 2.45) is 0 Å². The molecule has 0 aliphatic rings. The van der Waals surface area contributed by atoms with Gasteiger partial charge in [-0.15, -0.1) is 0 Å². The fourth-order valence-corrected chi connectivity index (χ4v) is 2.60. The Hall–Kier alpha value is -1.36. The first-order chi connectivity index (χ1) is 9.20. The Bertz CT molecular complexity index is 525. The van der Waals surface area contributed by atoms with E-state index in [1.54, 1.807) is 11.3 Å². The molecule has 1 amide bonds. The van der Waals surface area contributed by atoms with E-state index in [-0.39, 0.29) is 18.6 Å². The summed E-state index contributed by atoms with van der Waals surface area (Å²) in [5, 5.41) is 7.64. The first-order valence-electron chi connectivity index (χ1n) is 5.76. The number of carbonyl (C=O) groups is 1. The maximum Gasteiger partial charge on any atom is 0.246 e. The van der Waals surface area contributed by atoms with Crippen molar-refractivity contribution < 1.29 is 9.53 Å². The van der Waals surface area contributed by atoms with Crippen molar-refractivity contribution in [3.8, 4) is 0 Å². The molecule has 0 aliphatic heterocycles. The van der Waals surface area contributed by atoms with Gasteiger partial charge in [0.2, 0.25) is 5.91 Å². The molecule has 2 aromatic rings. The first-order valence-corrected chi connectivity index (χ1v) is 7.08. The van der Waals surface area contributed by atoms with Gasteiger partial charge in [-0.25, -0.2) is 0 Å². The summed E-state index contributed by atoms with van der Waals surface area (Å²) in [5.41, 5.74) is 2.05. The van der Waals surface area contributed by atoms with Crippen molar-refractivity contribution in [2.75, 3.05) is 13.7 Å². The molecule has 100 valence electrons. The molecule has 1 heterocycles. The van der Waals surface area contributed by atoms with Crippen LogP contribution in [0.5, 0.6) is 0 Å². The largest absolute Gasteiger partial charge is 0.375 e. The van der Waals surface area contributed by atoms with Crippen LogP contribution in [0.15, 0.2) is 41.1 Å². The van der Waals surface area contributed by atoms with E-state index in [0.29, 0.717) is 5.02 Å². The summed E-state index contributed by atoms with van der Waals surface area (Å²) >= 11 is 7.49. The quantitative estimate of drug-likeness (QED) is 0.919. The highest BCUT2D eigenvalue weighted by atomic mass is 35.5. The lowest BCUT2D eigenvalue weighted by Crippen LogP contribution is -2.31. The van der Waals surface area contributed by atoms with Gasteiger partial charge in [0.15, 0.2) is 0 Å². The predicted molar refractivity (Wildman–Crippen MR) is 77.6 cm³/mol. The van der Waals surface area contributed by atoms with Crippen LogP contribution in [0.4, 0.5) is 0 Å². The number of thiophene rings is 1. The number of amides is 1. The summed E-state index contributed by atoms with van der Waals surface area (Å²) in [5.74, 6) is -0.145. The smallest absolute Gasteiger partial charge is 0.246 e. The minimum Gasteiger partial charge on any atom is -0.375 e. The van der Waals surface area contributed by atoms with Gasteiger partial charge in [0.25, 0.3) is 0 Å². The summed E-state index contributed by atoms with van der Waals surface area (Å²) in [6.07, 6.45) is 0. The normalized spacial score (nSPS) is 12.1. The molecule has 0 radical (unpaired) electrons. The van der Waals surface area contributed by atoms with E-state index in [0.717, 1.165) is 11.1 Å². The Kier molecular flexibility index (Phi) is 4.96. The number of methoxy groups -OCH3 is 1. The second-order valence-electron chi connectivity index (χ2n) is 4.04. The van der Waals surface area contributed by atoms with Crippen molar-refractivity contribution in [2.45, 2.75) is 6.04 Å². The predicted octanol–water partition coefficient (Wildman–Crippen LogP) is 3.25. The standard InChI is InChI=1S/C14H14ClNO2S/c1-18-8-13(17)16-14(11-6-7-19-9-11)10-2-4-12(15)5-3-10/h2-7,9,14H,8H2,1H3,(H,16,17)/t14-/m0/s1.